The van der Waals surface area contributed by atoms with Gasteiger partial charge in [-0.25, -0.2) is 9.55 Å². The zero-order chi connectivity index (χ0) is 22.3. The second-order valence-electron chi connectivity index (χ2n) is 9.06. The molecule has 176 valence electrons. The molecule has 3 fully saturated rings. The molecule has 12 heteroatoms. The smallest absolute Gasteiger partial charge is 0.368 e. The van der Waals surface area contributed by atoms with Gasteiger partial charge in [-0.05, 0) is 25.7 Å². The largest absolute Gasteiger partial charge is 0.472 e. The molecule has 0 bridgehead atoms. The number of nitrogen functional groups attached to an aromatic ring is 1. The van der Waals surface area contributed by atoms with Crippen LogP contribution in [0.25, 0.3) is 11.2 Å². The summed E-state index contributed by atoms with van der Waals surface area (Å²) in [5.74, 6) is 1.08. The third kappa shape index (κ3) is 4.49. The Morgan fingerprint density at radius 1 is 1.25 bits per heavy atom. The van der Waals surface area contributed by atoms with Crippen molar-refractivity contribution in [3.05, 3.63) is 6.33 Å². The van der Waals surface area contributed by atoms with Gasteiger partial charge in [0.2, 0.25) is 5.95 Å². The molecule has 0 aromatic carbocycles. The van der Waals surface area contributed by atoms with E-state index in [0.717, 1.165) is 57.4 Å². The number of imidazole rings is 1. The predicted molar refractivity (Wildman–Crippen MR) is 118 cm³/mol. The Hall–Kier alpha value is -1.78. The molecule has 2 aliphatic heterocycles. The summed E-state index contributed by atoms with van der Waals surface area (Å²) in [7, 11) is -4.12. The van der Waals surface area contributed by atoms with Crippen LogP contribution < -0.4 is 10.6 Å². The summed E-state index contributed by atoms with van der Waals surface area (Å²) >= 11 is 0. The molecule has 2 saturated heterocycles. The molecule has 4 unspecified atom stereocenters. The number of fused-ring (bicyclic) bond motifs is 1. The minimum absolute atomic E-state index is 0.00980. The maximum absolute atomic E-state index is 12.4. The average molecular weight is 466 g/mol. The van der Waals surface area contributed by atoms with E-state index in [4.69, 9.17) is 19.5 Å². The van der Waals surface area contributed by atoms with Gasteiger partial charge in [-0.15, -0.1) is 0 Å². The van der Waals surface area contributed by atoms with Crippen molar-refractivity contribution in [2.45, 2.75) is 70.3 Å². The Bertz CT molecular complexity index is 1010. The molecule has 1 aliphatic carbocycles. The number of nitrogens with zero attached hydrogens (tertiary/aromatic N) is 5. The lowest BCUT2D eigenvalue weighted by molar-refractivity contribution is -0.0328. The SMILES string of the molecule is CC1CC(COP(=O)(O)OC2CCCCC2)OC1n1cnc2c(N3CCC3)nc(N)nc21. The van der Waals surface area contributed by atoms with E-state index in [1.54, 1.807) is 6.33 Å². The maximum atomic E-state index is 12.4. The summed E-state index contributed by atoms with van der Waals surface area (Å²) in [5, 5.41) is 0. The second-order valence-corrected chi connectivity index (χ2v) is 10.5. The van der Waals surface area contributed by atoms with Crippen LogP contribution in [0.15, 0.2) is 6.33 Å². The first-order valence-corrected chi connectivity index (χ1v) is 13.0. The maximum Gasteiger partial charge on any atom is 0.472 e. The van der Waals surface area contributed by atoms with Crippen molar-refractivity contribution in [3.63, 3.8) is 0 Å². The van der Waals surface area contributed by atoms with E-state index in [2.05, 4.69) is 26.8 Å². The van der Waals surface area contributed by atoms with Crippen LogP contribution in [-0.4, -0.2) is 56.3 Å². The molecule has 3 N–H and O–H groups in total. The summed E-state index contributed by atoms with van der Waals surface area (Å²) < 4.78 is 31.1. The van der Waals surface area contributed by atoms with E-state index in [1.165, 1.54) is 0 Å². The van der Waals surface area contributed by atoms with Crippen molar-refractivity contribution in [1.29, 1.82) is 0 Å². The summed E-state index contributed by atoms with van der Waals surface area (Å²) in [6, 6.07) is 0. The molecule has 2 aromatic rings. The fraction of sp³-hybridized carbons (Fsp3) is 0.750. The molecule has 2 aromatic heterocycles. The van der Waals surface area contributed by atoms with Gasteiger partial charge in [0, 0.05) is 19.0 Å². The van der Waals surface area contributed by atoms with Crippen LogP contribution in [0.5, 0.6) is 0 Å². The van der Waals surface area contributed by atoms with Crippen molar-refractivity contribution in [2.75, 3.05) is 30.3 Å². The number of phosphoric acid groups is 1. The Morgan fingerprint density at radius 2 is 2.03 bits per heavy atom. The molecule has 0 spiro atoms. The van der Waals surface area contributed by atoms with E-state index in [1.807, 2.05) is 4.57 Å². The molecular formula is C20H31N6O5P. The van der Waals surface area contributed by atoms with E-state index >= 15 is 0 Å². The van der Waals surface area contributed by atoms with E-state index < -0.39 is 7.82 Å². The van der Waals surface area contributed by atoms with Crippen LogP contribution in [0.4, 0.5) is 11.8 Å². The van der Waals surface area contributed by atoms with Gasteiger partial charge in [0.05, 0.1) is 25.1 Å². The normalized spacial score (nSPS) is 28.7. The number of anilines is 2. The van der Waals surface area contributed by atoms with E-state index in [-0.39, 0.29) is 36.9 Å². The van der Waals surface area contributed by atoms with Crippen molar-refractivity contribution in [2.24, 2.45) is 5.92 Å². The number of aromatic nitrogens is 4. The molecule has 11 nitrogen and oxygen atoms in total. The Kier molecular flexibility index (Phi) is 6.11. The number of nitrogens with two attached hydrogens (primary N) is 1. The topological polar surface area (TPSA) is 138 Å². The van der Waals surface area contributed by atoms with Crippen molar-refractivity contribution in [3.8, 4) is 0 Å². The molecule has 4 atom stereocenters. The number of ether oxygens (including phenoxy) is 1. The first-order chi connectivity index (χ1) is 15.4. The third-order valence-electron chi connectivity index (χ3n) is 6.56. The Morgan fingerprint density at radius 3 is 2.75 bits per heavy atom. The standard InChI is InChI=1S/C20H31N6O5P/c1-13-10-15(11-29-32(27,28)31-14-6-3-2-4-7-14)30-19(13)26-12-22-16-17(25-8-5-9-25)23-20(21)24-18(16)26/h12-15,19H,2-11H2,1H3,(H,27,28)(H2,21,23,24). The Balaban J connectivity index is 1.26. The van der Waals surface area contributed by atoms with Crippen LogP contribution in [0.1, 0.15) is 58.1 Å². The predicted octanol–water partition coefficient (Wildman–Crippen LogP) is 3.01. The average Bonchev–Trinajstić information content (AvgIpc) is 3.28. The molecule has 0 amide bonds. The summed E-state index contributed by atoms with van der Waals surface area (Å²) in [5.41, 5.74) is 7.31. The fourth-order valence-corrected chi connectivity index (χ4v) is 5.79. The van der Waals surface area contributed by atoms with Crippen LogP contribution in [-0.2, 0) is 18.3 Å². The van der Waals surface area contributed by atoms with Gasteiger partial charge in [0.25, 0.3) is 0 Å². The number of phosphoric ester groups is 1. The van der Waals surface area contributed by atoms with Crippen LogP contribution >= 0.6 is 7.82 Å². The van der Waals surface area contributed by atoms with Gasteiger partial charge in [0.1, 0.15) is 6.23 Å². The first-order valence-electron chi connectivity index (χ1n) is 11.5. The lowest BCUT2D eigenvalue weighted by Crippen LogP contribution is -2.38. The zero-order valence-corrected chi connectivity index (χ0v) is 19.2. The number of rotatable bonds is 7. The van der Waals surface area contributed by atoms with E-state index in [9.17, 15) is 9.46 Å². The minimum Gasteiger partial charge on any atom is -0.368 e. The van der Waals surface area contributed by atoms with Gasteiger partial charge in [-0.1, -0.05) is 26.2 Å². The molecule has 4 heterocycles. The molecule has 32 heavy (non-hydrogen) atoms. The van der Waals surface area contributed by atoms with Crippen molar-refractivity contribution < 1.29 is 23.2 Å². The summed E-state index contributed by atoms with van der Waals surface area (Å²) in [4.78, 5) is 25.6. The summed E-state index contributed by atoms with van der Waals surface area (Å²) in [6.45, 7) is 3.91. The summed E-state index contributed by atoms with van der Waals surface area (Å²) in [6.07, 6.45) is 7.39. The lowest BCUT2D eigenvalue weighted by atomic mass is 9.98. The highest BCUT2D eigenvalue weighted by Crippen LogP contribution is 2.48. The highest BCUT2D eigenvalue weighted by Gasteiger charge is 2.37. The van der Waals surface area contributed by atoms with Crippen molar-refractivity contribution in [1.82, 2.24) is 19.5 Å². The molecule has 0 radical (unpaired) electrons. The fourth-order valence-electron chi connectivity index (χ4n) is 4.78. The monoisotopic (exact) mass is 466 g/mol. The van der Waals surface area contributed by atoms with Crippen molar-refractivity contribution >= 4 is 30.8 Å². The molecule has 5 rings (SSSR count). The molecule has 1 saturated carbocycles. The Labute approximate surface area is 186 Å². The zero-order valence-electron chi connectivity index (χ0n) is 18.3. The first kappa shape index (κ1) is 22.0. The minimum atomic E-state index is -4.12. The second kappa shape index (κ2) is 8.87. The number of hydrogen-bond acceptors (Lipinski definition) is 9. The van der Waals surface area contributed by atoms with Crippen LogP contribution in [0.2, 0.25) is 0 Å². The van der Waals surface area contributed by atoms with Crippen LogP contribution in [0, 0.1) is 5.92 Å². The van der Waals surface area contributed by atoms with Gasteiger partial charge >= 0.3 is 7.82 Å². The number of hydrogen-bond donors (Lipinski definition) is 2. The third-order valence-corrected chi connectivity index (χ3v) is 7.60. The lowest BCUT2D eigenvalue weighted by Gasteiger charge is -2.32. The van der Waals surface area contributed by atoms with E-state index in [0.29, 0.717) is 17.6 Å². The van der Waals surface area contributed by atoms with Gasteiger partial charge in [0.15, 0.2) is 17.0 Å². The molecular weight excluding hydrogens is 435 g/mol. The quantitative estimate of drug-likeness (QED) is 0.586. The van der Waals surface area contributed by atoms with Gasteiger partial charge < -0.3 is 20.3 Å². The van der Waals surface area contributed by atoms with Gasteiger partial charge in [-0.3, -0.25) is 13.6 Å². The highest BCUT2D eigenvalue weighted by molar-refractivity contribution is 7.47. The molecule has 3 aliphatic rings. The van der Waals surface area contributed by atoms with Gasteiger partial charge in [-0.2, -0.15) is 9.97 Å². The van der Waals surface area contributed by atoms with Crippen LogP contribution in [0.3, 0.4) is 0 Å². The highest BCUT2D eigenvalue weighted by atomic mass is 31.2.